The Morgan fingerprint density at radius 1 is 1.08 bits per heavy atom. The van der Waals surface area contributed by atoms with Crippen LogP contribution in [0.1, 0.15) is 28.1 Å². The molecule has 0 spiro atoms. The maximum atomic E-state index is 13.2. The van der Waals surface area contributed by atoms with Gasteiger partial charge in [0.15, 0.2) is 5.03 Å². The molecule has 0 radical (unpaired) electrons. The van der Waals surface area contributed by atoms with Crippen molar-refractivity contribution in [3.63, 3.8) is 0 Å². The highest BCUT2D eigenvalue weighted by molar-refractivity contribution is 7.91. The number of anilines is 2. The van der Waals surface area contributed by atoms with Crippen LogP contribution in [0.25, 0.3) is 0 Å². The Balaban J connectivity index is 1.94. The van der Waals surface area contributed by atoms with Gasteiger partial charge in [-0.1, -0.05) is 17.7 Å². The van der Waals surface area contributed by atoms with Crippen molar-refractivity contribution >= 4 is 44.8 Å². The predicted molar refractivity (Wildman–Crippen MR) is 123 cm³/mol. The molecule has 36 heavy (non-hydrogen) atoms. The lowest BCUT2D eigenvalue weighted by molar-refractivity contribution is -0.274. The zero-order valence-electron chi connectivity index (χ0n) is 18.2. The van der Waals surface area contributed by atoms with Crippen molar-refractivity contribution in [1.29, 1.82) is 0 Å². The molecule has 0 aliphatic heterocycles. The van der Waals surface area contributed by atoms with E-state index in [0.29, 0.717) is 0 Å². The van der Waals surface area contributed by atoms with Crippen molar-refractivity contribution < 1.29 is 41.0 Å². The Morgan fingerprint density at radius 2 is 1.69 bits per heavy atom. The van der Waals surface area contributed by atoms with Crippen molar-refractivity contribution in [2.75, 3.05) is 4.90 Å². The lowest BCUT2D eigenvalue weighted by atomic mass is 10.1. The summed E-state index contributed by atoms with van der Waals surface area (Å²) in [6.45, 7) is 1.26. The van der Waals surface area contributed by atoms with E-state index in [9.17, 15) is 36.3 Å². The van der Waals surface area contributed by atoms with Gasteiger partial charge in [-0.2, -0.15) is 0 Å². The Hall–Kier alpha value is -3.84. The molecule has 0 aliphatic carbocycles. The number of hydrogen-bond donors (Lipinski definition) is 2. The van der Waals surface area contributed by atoms with E-state index in [4.69, 9.17) is 17.3 Å². The molecular formula is C22H17ClF3N3O6S. The molecule has 14 heteroatoms. The molecule has 1 heterocycles. The third kappa shape index (κ3) is 5.69. The van der Waals surface area contributed by atoms with E-state index in [2.05, 4.69) is 9.72 Å². The molecule has 0 aliphatic rings. The van der Waals surface area contributed by atoms with E-state index in [1.165, 1.54) is 31.2 Å². The molecule has 2 amide bonds. The summed E-state index contributed by atoms with van der Waals surface area (Å²) in [5, 5.41) is 7.55. The van der Waals surface area contributed by atoms with Gasteiger partial charge in [-0.3, -0.25) is 4.90 Å². The number of amides is 2. The average Bonchev–Trinajstić information content (AvgIpc) is 2.79. The minimum absolute atomic E-state index is 0.0163. The number of aromatic nitrogens is 1. The number of carbonyl (C=O) groups excluding carboxylic acids is 1. The molecule has 3 rings (SSSR count). The molecule has 0 saturated carbocycles. The summed E-state index contributed by atoms with van der Waals surface area (Å²) < 4.78 is 67.3. The quantitative estimate of drug-likeness (QED) is 0.423. The molecular weight excluding hydrogens is 527 g/mol. The number of ether oxygens (including phenoxy) is 1. The molecule has 0 saturated heterocycles. The minimum atomic E-state index is -4.90. The highest BCUT2D eigenvalue weighted by Crippen LogP contribution is 2.36. The second-order valence-electron chi connectivity index (χ2n) is 7.26. The van der Waals surface area contributed by atoms with E-state index in [1.54, 1.807) is 0 Å². The zero-order chi connectivity index (χ0) is 26.8. The maximum absolute atomic E-state index is 13.2. The smallest absolute Gasteiger partial charge is 0.478 e. The number of urea groups is 1. The molecule has 3 N–H and O–H groups in total. The van der Waals surface area contributed by atoms with E-state index in [0.717, 1.165) is 41.4 Å². The largest absolute Gasteiger partial charge is 0.573 e. The number of aromatic carboxylic acids is 1. The van der Waals surface area contributed by atoms with Crippen molar-refractivity contribution in [1.82, 2.24) is 4.98 Å². The highest BCUT2D eigenvalue weighted by atomic mass is 35.5. The van der Waals surface area contributed by atoms with Crippen LogP contribution in [0.3, 0.4) is 0 Å². The molecule has 0 fully saturated rings. The number of benzene rings is 2. The third-order valence-corrected chi connectivity index (χ3v) is 7.30. The van der Waals surface area contributed by atoms with Crippen LogP contribution in [0.4, 0.5) is 29.3 Å². The second kappa shape index (κ2) is 10.0. The normalized spacial score (nSPS) is 12.6. The fourth-order valence-corrected chi connectivity index (χ4v) is 5.13. The summed E-state index contributed by atoms with van der Waals surface area (Å²) in [4.78, 5) is 28.4. The second-order valence-corrected chi connectivity index (χ2v) is 9.89. The van der Waals surface area contributed by atoms with Gasteiger partial charge in [0.2, 0.25) is 9.84 Å². The van der Waals surface area contributed by atoms with Gasteiger partial charge < -0.3 is 15.6 Å². The zero-order valence-corrected chi connectivity index (χ0v) is 19.8. The van der Waals surface area contributed by atoms with E-state index < -0.39 is 44.2 Å². The standard InChI is InChI=1S/C22H17ClF3N3O6S/c1-12(19-16(20(30)31)3-2-4-17(19)23)36(33,34)18-10-7-14(11-28-18)29(21(27)32)13-5-8-15(9-6-13)35-22(24,25)26/h2-12H,1H3,(H2,27,32)(H,30,31). The lowest BCUT2D eigenvalue weighted by Gasteiger charge is -2.21. The third-order valence-electron chi connectivity index (χ3n) is 4.97. The van der Waals surface area contributed by atoms with Crippen LogP contribution in [0.5, 0.6) is 5.75 Å². The summed E-state index contributed by atoms with van der Waals surface area (Å²) in [5.74, 6) is -1.88. The molecule has 1 aromatic heterocycles. The Kier molecular flexibility index (Phi) is 7.46. The van der Waals surface area contributed by atoms with Crippen molar-refractivity contribution in [2.24, 2.45) is 5.73 Å². The number of nitrogens with zero attached hydrogens (tertiary/aromatic N) is 2. The minimum Gasteiger partial charge on any atom is -0.478 e. The van der Waals surface area contributed by atoms with Crippen LogP contribution in [-0.2, 0) is 9.84 Å². The van der Waals surface area contributed by atoms with Gasteiger partial charge in [-0.25, -0.2) is 23.0 Å². The number of rotatable bonds is 7. The van der Waals surface area contributed by atoms with Crippen molar-refractivity contribution in [2.45, 2.75) is 23.6 Å². The molecule has 2 aromatic carbocycles. The van der Waals surface area contributed by atoms with E-state index in [-0.39, 0.29) is 27.5 Å². The Morgan fingerprint density at radius 3 is 2.19 bits per heavy atom. The van der Waals surface area contributed by atoms with Crippen LogP contribution < -0.4 is 15.4 Å². The number of carboxylic acid groups (broad SMARTS) is 1. The molecule has 1 atom stereocenters. The van der Waals surface area contributed by atoms with E-state index in [1.807, 2.05) is 0 Å². The summed E-state index contributed by atoms with van der Waals surface area (Å²) in [6.07, 6.45) is -3.88. The summed E-state index contributed by atoms with van der Waals surface area (Å²) in [6, 6.07) is 9.45. The summed E-state index contributed by atoms with van der Waals surface area (Å²) >= 11 is 6.10. The van der Waals surface area contributed by atoms with Gasteiger partial charge >= 0.3 is 18.4 Å². The maximum Gasteiger partial charge on any atom is 0.573 e. The first kappa shape index (κ1) is 26.8. The predicted octanol–water partition coefficient (Wildman–Crippen LogP) is 5.08. The van der Waals surface area contributed by atoms with Crippen LogP contribution in [0.2, 0.25) is 5.02 Å². The number of carboxylic acids is 1. The number of halogens is 4. The lowest BCUT2D eigenvalue weighted by Crippen LogP contribution is -2.31. The first-order chi connectivity index (χ1) is 16.7. The number of alkyl halides is 3. The molecule has 0 bridgehead atoms. The number of pyridine rings is 1. The van der Waals surface area contributed by atoms with Gasteiger partial charge in [0.05, 0.1) is 28.4 Å². The fourth-order valence-electron chi connectivity index (χ4n) is 3.35. The molecule has 3 aromatic rings. The first-order valence-corrected chi connectivity index (χ1v) is 11.8. The SMILES string of the molecule is CC(c1c(Cl)cccc1C(=O)O)S(=O)(=O)c1ccc(N(C(N)=O)c2ccc(OC(F)(F)F)cc2)cn1. The highest BCUT2D eigenvalue weighted by Gasteiger charge is 2.32. The van der Waals surface area contributed by atoms with Gasteiger partial charge in [0.25, 0.3) is 0 Å². The topological polar surface area (TPSA) is 140 Å². The van der Waals surface area contributed by atoms with Gasteiger partial charge in [-0.05, 0) is 55.5 Å². The van der Waals surface area contributed by atoms with Crippen molar-refractivity contribution in [3.8, 4) is 5.75 Å². The van der Waals surface area contributed by atoms with Crippen LogP contribution >= 0.6 is 11.6 Å². The van der Waals surface area contributed by atoms with E-state index >= 15 is 0 Å². The Bertz CT molecular complexity index is 1400. The number of carbonyl (C=O) groups is 2. The molecule has 9 nitrogen and oxygen atoms in total. The average molecular weight is 544 g/mol. The molecule has 1 unspecified atom stereocenters. The van der Waals surface area contributed by atoms with Crippen LogP contribution in [-0.4, -0.2) is 36.9 Å². The van der Waals surface area contributed by atoms with Crippen molar-refractivity contribution in [3.05, 3.63) is 76.9 Å². The number of sulfone groups is 1. The van der Waals surface area contributed by atoms with Gasteiger partial charge in [0.1, 0.15) is 5.75 Å². The fraction of sp³-hybridized carbons (Fsp3) is 0.136. The first-order valence-electron chi connectivity index (χ1n) is 9.89. The van der Waals surface area contributed by atoms with Crippen LogP contribution in [0, 0.1) is 0 Å². The number of primary amides is 1. The van der Waals surface area contributed by atoms with Gasteiger partial charge in [-0.15, -0.1) is 13.2 Å². The van der Waals surface area contributed by atoms with Gasteiger partial charge in [0, 0.05) is 10.6 Å². The monoisotopic (exact) mass is 543 g/mol. The van der Waals surface area contributed by atoms with Crippen LogP contribution in [0.15, 0.2) is 65.8 Å². The number of hydrogen-bond acceptors (Lipinski definition) is 6. The summed E-state index contributed by atoms with van der Waals surface area (Å²) in [5.41, 5.74) is 5.09. The number of nitrogens with two attached hydrogens (primary N) is 1. The summed E-state index contributed by atoms with van der Waals surface area (Å²) in [7, 11) is -4.24. The Labute approximate surface area is 207 Å². The molecule has 190 valence electrons.